The first-order chi connectivity index (χ1) is 11.8. The van der Waals surface area contributed by atoms with Crippen molar-refractivity contribution >= 4 is 23.1 Å². The minimum absolute atomic E-state index is 0.543. The number of benzene rings is 1. The van der Waals surface area contributed by atoms with Gasteiger partial charge in [0.2, 0.25) is 11.7 Å². The number of rotatable bonds is 5. The van der Waals surface area contributed by atoms with E-state index in [1.54, 1.807) is 17.7 Å². The molecular formula is C16H13N5OS2. The lowest BCUT2D eigenvalue weighted by atomic mass is 10.2. The average Bonchev–Trinajstić information content (AvgIpc) is 3.34. The molecule has 0 spiro atoms. The van der Waals surface area contributed by atoms with E-state index in [1.807, 2.05) is 39.6 Å². The highest BCUT2D eigenvalue weighted by Crippen LogP contribution is 2.25. The minimum Gasteiger partial charge on any atom is -0.338 e. The van der Waals surface area contributed by atoms with Crippen LogP contribution in [-0.2, 0) is 5.75 Å². The Kier molecular flexibility index (Phi) is 4.14. The summed E-state index contributed by atoms with van der Waals surface area (Å²) in [6.45, 7) is 2.06. The average molecular weight is 355 g/mol. The van der Waals surface area contributed by atoms with Crippen LogP contribution in [-0.4, -0.2) is 24.9 Å². The SMILES string of the molecule is Cc1ccccc1-n1cnnc1SCc1nc(-c2ccsc2)no1. The Morgan fingerprint density at radius 2 is 2.17 bits per heavy atom. The fourth-order valence-electron chi connectivity index (χ4n) is 2.27. The summed E-state index contributed by atoms with van der Waals surface area (Å²) in [5, 5.41) is 17.0. The molecule has 0 fully saturated rings. The molecule has 0 aliphatic heterocycles. The Balaban J connectivity index is 1.52. The fourth-order valence-corrected chi connectivity index (χ4v) is 3.66. The van der Waals surface area contributed by atoms with Crippen molar-refractivity contribution in [3.8, 4) is 17.1 Å². The van der Waals surface area contributed by atoms with Crippen molar-refractivity contribution in [2.45, 2.75) is 17.8 Å². The van der Waals surface area contributed by atoms with E-state index in [1.165, 1.54) is 11.8 Å². The van der Waals surface area contributed by atoms with E-state index in [9.17, 15) is 0 Å². The van der Waals surface area contributed by atoms with Crippen LogP contribution in [0.25, 0.3) is 17.1 Å². The predicted octanol–water partition coefficient (Wildman–Crippen LogP) is 3.98. The van der Waals surface area contributed by atoms with E-state index < -0.39 is 0 Å². The molecule has 0 bridgehead atoms. The van der Waals surface area contributed by atoms with Crippen LogP contribution in [0.1, 0.15) is 11.5 Å². The molecule has 0 N–H and O–H groups in total. The number of aryl methyl sites for hydroxylation is 1. The van der Waals surface area contributed by atoms with Crippen LogP contribution in [0.4, 0.5) is 0 Å². The molecule has 0 atom stereocenters. The predicted molar refractivity (Wildman–Crippen MR) is 93.3 cm³/mol. The lowest BCUT2D eigenvalue weighted by molar-refractivity contribution is 0.391. The van der Waals surface area contributed by atoms with E-state index in [4.69, 9.17) is 4.52 Å². The molecule has 4 rings (SSSR count). The van der Waals surface area contributed by atoms with Gasteiger partial charge >= 0.3 is 0 Å². The summed E-state index contributed by atoms with van der Waals surface area (Å²) < 4.78 is 7.29. The largest absolute Gasteiger partial charge is 0.338 e. The molecule has 6 nitrogen and oxygen atoms in total. The first-order valence-electron chi connectivity index (χ1n) is 7.25. The highest BCUT2D eigenvalue weighted by molar-refractivity contribution is 7.98. The van der Waals surface area contributed by atoms with Crippen molar-refractivity contribution in [3.63, 3.8) is 0 Å². The van der Waals surface area contributed by atoms with Gasteiger partial charge in [-0.05, 0) is 30.0 Å². The first-order valence-corrected chi connectivity index (χ1v) is 9.18. The van der Waals surface area contributed by atoms with Gasteiger partial charge < -0.3 is 4.52 Å². The van der Waals surface area contributed by atoms with Gasteiger partial charge in [0, 0.05) is 10.9 Å². The molecule has 8 heteroatoms. The van der Waals surface area contributed by atoms with Crippen LogP contribution in [0.2, 0.25) is 0 Å². The van der Waals surface area contributed by atoms with Crippen molar-refractivity contribution in [1.29, 1.82) is 0 Å². The van der Waals surface area contributed by atoms with E-state index in [2.05, 4.69) is 33.3 Å². The van der Waals surface area contributed by atoms with Crippen LogP contribution in [0.5, 0.6) is 0 Å². The summed E-state index contributed by atoms with van der Waals surface area (Å²) in [6.07, 6.45) is 1.72. The van der Waals surface area contributed by atoms with Gasteiger partial charge in [0.15, 0.2) is 5.16 Å². The normalized spacial score (nSPS) is 11.0. The molecule has 0 aliphatic rings. The van der Waals surface area contributed by atoms with E-state index in [0.29, 0.717) is 17.5 Å². The summed E-state index contributed by atoms with van der Waals surface area (Å²) in [5.74, 6) is 1.73. The molecule has 4 aromatic rings. The highest BCUT2D eigenvalue weighted by atomic mass is 32.2. The monoisotopic (exact) mass is 355 g/mol. The zero-order valence-electron chi connectivity index (χ0n) is 12.8. The highest BCUT2D eigenvalue weighted by Gasteiger charge is 2.13. The molecule has 0 saturated heterocycles. The molecular weight excluding hydrogens is 342 g/mol. The molecule has 0 amide bonds. The van der Waals surface area contributed by atoms with Crippen LogP contribution >= 0.6 is 23.1 Å². The van der Waals surface area contributed by atoms with Gasteiger partial charge in [-0.1, -0.05) is 35.1 Å². The van der Waals surface area contributed by atoms with E-state index >= 15 is 0 Å². The summed E-state index contributed by atoms with van der Waals surface area (Å²) in [5.41, 5.74) is 3.20. The lowest BCUT2D eigenvalue weighted by Gasteiger charge is -2.08. The Morgan fingerprint density at radius 3 is 3.00 bits per heavy atom. The topological polar surface area (TPSA) is 69.6 Å². The van der Waals surface area contributed by atoms with Gasteiger partial charge in [0.05, 0.1) is 11.4 Å². The molecule has 0 aliphatic carbocycles. The maximum Gasteiger partial charge on any atom is 0.237 e. The molecule has 24 heavy (non-hydrogen) atoms. The quantitative estimate of drug-likeness (QED) is 0.504. The van der Waals surface area contributed by atoms with Crippen LogP contribution in [0.15, 0.2) is 57.1 Å². The number of nitrogens with zero attached hydrogens (tertiary/aromatic N) is 5. The molecule has 0 radical (unpaired) electrons. The van der Waals surface area contributed by atoms with Gasteiger partial charge in [0.1, 0.15) is 6.33 Å². The second-order valence-electron chi connectivity index (χ2n) is 5.08. The smallest absolute Gasteiger partial charge is 0.237 e. The zero-order valence-corrected chi connectivity index (χ0v) is 14.4. The second-order valence-corrected chi connectivity index (χ2v) is 6.80. The Bertz CT molecular complexity index is 945. The fraction of sp³-hybridized carbons (Fsp3) is 0.125. The summed E-state index contributed by atoms with van der Waals surface area (Å²) in [7, 11) is 0. The molecule has 3 aromatic heterocycles. The Hall–Kier alpha value is -2.45. The van der Waals surface area contributed by atoms with E-state index in [-0.39, 0.29) is 0 Å². The third kappa shape index (κ3) is 2.98. The molecule has 0 unspecified atom stereocenters. The second kappa shape index (κ2) is 6.58. The standard InChI is InChI=1S/C16H13N5OS2/c1-11-4-2-3-5-13(11)21-10-17-19-16(21)24-9-14-18-15(20-22-14)12-6-7-23-8-12/h2-8,10H,9H2,1H3. The minimum atomic E-state index is 0.543. The summed E-state index contributed by atoms with van der Waals surface area (Å²) in [4.78, 5) is 4.42. The zero-order chi connectivity index (χ0) is 16.4. The van der Waals surface area contributed by atoms with Crippen molar-refractivity contribution in [2.75, 3.05) is 0 Å². The van der Waals surface area contributed by atoms with Crippen molar-refractivity contribution in [3.05, 3.63) is 58.9 Å². The third-order valence-electron chi connectivity index (χ3n) is 3.46. The van der Waals surface area contributed by atoms with Gasteiger partial charge in [-0.15, -0.1) is 10.2 Å². The molecule has 1 aromatic carbocycles. The lowest BCUT2D eigenvalue weighted by Crippen LogP contribution is -1.97. The molecule has 3 heterocycles. The van der Waals surface area contributed by atoms with Crippen LogP contribution < -0.4 is 0 Å². The molecule has 120 valence electrons. The Labute approximate surface area is 146 Å². The van der Waals surface area contributed by atoms with Crippen molar-refractivity contribution in [1.82, 2.24) is 24.9 Å². The maximum absolute atomic E-state index is 5.32. The van der Waals surface area contributed by atoms with Crippen molar-refractivity contribution in [2.24, 2.45) is 0 Å². The first kappa shape index (κ1) is 15.1. The van der Waals surface area contributed by atoms with Crippen LogP contribution in [0.3, 0.4) is 0 Å². The van der Waals surface area contributed by atoms with Crippen LogP contribution in [0, 0.1) is 6.92 Å². The third-order valence-corrected chi connectivity index (χ3v) is 5.07. The number of hydrogen-bond donors (Lipinski definition) is 0. The number of aromatic nitrogens is 5. The van der Waals surface area contributed by atoms with E-state index in [0.717, 1.165) is 22.0 Å². The van der Waals surface area contributed by atoms with Gasteiger partial charge in [-0.3, -0.25) is 4.57 Å². The van der Waals surface area contributed by atoms with Gasteiger partial charge in [0.25, 0.3) is 0 Å². The maximum atomic E-state index is 5.32. The Morgan fingerprint density at radius 1 is 1.25 bits per heavy atom. The van der Waals surface area contributed by atoms with Crippen molar-refractivity contribution < 1.29 is 4.52 Å². The number of thioether (sulfide) groups is 1. The van der Waals surface area contributed by atoms with Gasteiger partial charge in [-0.25, -0.2) is 0 Å². The number of hydrogen-bond acceptors (Lipinski definition) is 7. The summed E-state index contributed by atoms with van der Waals surface area (Å²) >= 11 is 3.12. The number of thiophene rings is 1. The molecule has 0 saturated carbocycles. The van der Waals surface area contributed by atoms with Gasteiger partial charge in [-0.2, -0.15) is 16.3 Å². The number of para-hydroxylation sites is 1. The summed E-state index contributed by atoms with van der Waals surface area (Å²) in [6, 6.07) is 10.1.